The molecule has 1 aliphatic carbocycles. The Labute approximate surface area is 162 Å². The molecule has 5 heteroatoms. The summed E-state index contributed by atoms with van der Waals surface area (Å²) in [6.45, 7) is 11.8. The normalized spacial score (nSPS) is 29.7. The summed E-state index contributed by atoms with van der Waals surface area (Å²) in [7, 11) is -2.13. The van der Waals surface area contributed by atoms with Crippen molar-refractivity contribution in [2.75, 3.05) is 11.5 Å². The molecule has 2 aliphatic heterocycles. The maximum atomic E-state index is 13.4. The molecule has 0 saturated carbocycles. The third-order valence-corrected chi connectivity index (χ3v) is 12.6. The molecule has 0 radical (unpaired) electrons. The van der Waals surface area contributed by atoms with E-state index in [0.29, 0.717) is 29.8 Å². The van der Waals surface area contributed by atoms with E-state index in [1.807, 2.05) is 30.3 Å². The Hall–Kier alpha value is -1.72. The van der Waals surface area contributed by atoms with Gasteiger partial charge in [0.1, 0.15) is 0 Å². The van der Waals surface area contributed by atoms with Crippen molar-refractivity contribution < 1.29 is 14.0 Å². The standard InChI is InChI=1S/C22H29NO3Si/c1-13(2)27(14(3)4)20-15(5)11-17-19(18(20)12-26-27)22(25)23(21(17)24)16-9-7-6-8-10-16/h6-10,13-14,17-19H,11-12H2,1-5H3/t17-,18+,19-/m1/s1. The van der Waals surface area contributed by atoms with E-state index in [1.165, 1.54) is 15.7 Å². The summed E-state index contributed by atoms with van der Waals surface area (Å²) in [4.78, 5) is 28.0. The van der Waals surface area contributed by atoms with E-state index < -0.39 is 8.32 Å². The van der Waals surface area contributed by atoms with Crippen LogP contribution in [0.3, 0.4) is 0 Å². The van der Waals surface area contributed by atoms with Gasteiger partial charge in [-0.25, -0.2) is 0 Å². The highest BCUT2D eigenvalue weighted by molar-refractivity contribution is 6.84. The van der Waals surface area contributed by atoms with Crippen LogP contribution in [0, 0.1) is 17.8 Å². The maximum Gasteiger partial charge on any atom is 0.238 e. The molecule has 4 nitrogen and oxygen atoms in total. The molecule has 4 rings (SSSR count). The molecule has 2 saturated heterocycles. The van der Waals surface area contributed by atoms with Gasteiger partial charge in [-0.2, -0.15) is 0 Å². The van der Waals surface area contributed by atoms with Crippen LogP contribution in [0.1, 0.15) is 41.0 Å². The number of hydrogen-bond donors (Lipinski definition) is 0. The molecule has 2 heterocycles. The second-order valence-electron chi connectivity index (χ2n) is 8.90. The van der Waals surface area contributed by atoms with E-state index in [9.17, 15) is 9.59 Å². The Morgan fingerprint density at radius 1 is 1.00 bits per heavy atom. The van der Waals surface area contributed by atoms with Gasteiger partial charge in [0.25, 0.3) is 0 Å². The lowest BCUT2D eigenvalue weighted by Gasteiger charge is -2.40. The first-order chi connectivity index (χ1) is 12.8. The van der Waals surface area contributed by atoms with Crippen molar-refractivity contribution in [2.45, 2.75) is 52.1 Å². The van der Waals surface area contributed by atoms with Crippen molar-refractivity contribution in [3.8, 4) is 0 Å². The van der Waals surface area contributed by atoms with E-state index in [1.54, 1.807) is 0 Å². The quantitative estimate of drug-likeness (QED) is 0.572. The third-order valence-electron chi connectivity index (χ3n) is 6.92. The number of para-hydroxylation sites is 1. The molecule has 0 spiro atoms. The van der Waals surface area contributed by atoms with Crippen LogP contribution in [0.2, 0.25) is 11.1 Å². The molecule has 3 atom stereocenters. The summed E-state index contributed by atoms with van der Waals surface area (Å²) in [6, 6.07) is 9.35. The second-order valence-corrected chi connectivity index (χ2v) is 13.6. The number of anilines is 1. The van der Waals surface area contributed by atoms with E-state index in [0.717, 1.165) is 0 Å². The van der Waals surface area contributed by atoms with Gasteiger partial charge >= 0.3 is 0 Å². The van der Waals surface area contributed by atoms with Gasteiger partial charge in [0.05, 0.1) is 17.5 Å². The molecule has 1 aromatic carbocycles. The lowest BCUT2D eigenvalue weighted by atomic mass is 9.75. The molecular weight excluding hydrogens is 354 g/mol. The highest BCUT2D eigenvalue weighted by Crippen LogP contribution is 2.56. The highest BCUT2D eigenvalue weighted by atomic mass is 28.4. The second kappa shape index (κ2) is 6.42. The molecule has 0 unspecified atom stereocenters. The van der Waals surface area contributed by atoms with Gasteiger partial charge in [-0.3, -0.25) is 14.5 Å². The summed E-state index contributed by atoms with van der Waals surface area (Å²) in [6.07, 6.45) is 0.696. The number of carbonyl (C=O) groups excluding carboxylic acids is 2. The van der Waals surface area contributed by atoms with Gasteiger partial charge in [0.2, 0.25) is 20.1 Å². The molecule has 2 amide bonds. The fraction of sp³-hybridized carbons (Fsp3) is 0.545. The minimum Gasteiger partial charge on any atom is -0.412 e. The van der Waals surface area contributed by atoms with Gasteiger partial charge in [-0.1, -0.05) is 51.5 Å². The van der Waals surface area contributed by atoms with Crippen LogP contribution >= 0.6 is 0 Å². The number of carbonyl (C=O) groups is 2. The summed E-state index contributed by atoms with van der Waals surface area (Å²) in [5, 5.41) is 1.44. The number of hydrogen-bond acceptors (Lipinski definition) is 3. The first kappa shape index (κ1) is 18.6. The lowest BCUT2D eigenvalue weighted by Crippen LogP contribution is -2.46. The summed E-state index contributed by atoms with van der Waals surface area (Å²) < 4.78 is 6.61. The van der Waals surface area contributed by atoms with Crippen molar-refractivity contribution in [3.63, 3.8) is 0 Å². The lowest BCUT2D eigenvalue weighted by molar-refractivity contribution is -0.122. The molecular formula is C22H29NO3Si. The van der Waals surface area contributed by atoms with Gasteiger partial charge in [-0.15, -0.1) is 0 Å². The highest BCUT2D eigenvalue weighted by Gasteiger charge is 2.62. The minimum absolute atomic E-state index is 0.0351. The van der Waals surface area contributed by atoms with Crippen LogP contribution in [-0.2, 0) is 14.0 Å². The molecule has 3 aliphatic rings. The van der Waals surface area contributed by atoms with Crippen LogP contribution in [0.15, 0.2) is 41.1 Å². The van der Waals surface area contributed by atoms with Gasteiger partial charge in [0, 0.05) is 12.5 Å². The Kier molecular flexibility index (Phi) is 4.43. The zero-order chi connectivity index (χ0) is 19.5. The number of amides is 2. The SMILES string of the molecule is CC1=C2[C@@H](CO[Si]2(C(C)C)C(C)C)[C@@H]2C(=O)N(c3ccccc3)C(=O)[C@@H]2C1. The Morgan fingerprint density at radius 3 is 2.22 bits per heavy atom. The molecule has 0 aromatic heterocycles. The van der Waals surface area contributed by atoms with Crippen molar-refractivity contribution >= 4 is 25.8 Å². The van der Waals surface area contributed by atoms with Gasteiger partial charge in [0.15, 0.2) is 0 Å². The maximum absolute atomic E-state index is 13.4. The number of rotatable bonds is 3. The van der Waals surface area contributed by atoms with Gasteiger partial charge in [-0.05, 0) is 41.8 Å². The number of nitrogens with zero attached hydrogens (tertiary/aromatic N) is 1. The summed E-state index contributed by atoms with van der Waals surface area (Å²) >= 11 is 0. The monoisotopic (exact) mass is 383 g/mol. The largest absolute Gasteiger partial charge is 0.412 e. The van der Waals surface area contributed by atoms with E-state index in [2.05, 4.69) is 34.6 Å². The first-order valence-electron chi connectivity index (χ1n) is 10.1. The smallest absolute Gasteiger partial charge is 0.238 e. The predicted molar refractivity (Wildman–Crippen MR) is 109 cm³/mol. The fourth-order valence-corrected chi connectivity index (χ4v) is 11.4. The van der Waals surface area contributed by atoms with Crippen LogP contribution in [0.25, 0.3) is 0 Å². The minimum atomic E-state index is -2.13. The van der Waals surface area contributed by atoms with Crippen LogP contribution < -0.4 is 4.90 Å². The Bertz CT molecular complexity index is 806. The van der Waals surface area contributed by atoms with Crippen LogP contribution in [0.5, 0.6) is 0 Å². The zero-order valence-electron chi connectivity index (χ0n) is 16.9. The van der Waals surface area contributed by atoms with Crippen LogP contribution in [-0.4, -0.2) is 26.7 Å². The number of allylic oxidation sites excluding steroid dienone is 1. The number of imide groups is 1. The predicted octanol–water partition coefficient (Wildman–Crippen LogP) is 4.46. The van der Waals surface area contributed by atoms with Crippen LogP contribution in [0.4, 0.5) is 5.69 Å². The molecule has 1 aromatic rings. The average molecular weight is 384 g/mol. The van der Waals surface area contributed by atoms with E-state index in [-0.39, 0.29) is 29.6 Å². The molecule has 0 N–H and O–H groups in total. The van der Waals surface area contributed by atoms with Crippen molar-refractivity contribution in [3.05, 3.63) is 41.1 Å². The number of benzene rings is 1. The third kappa shape index (κ3) is 2.44. The van der Waals surface area contributed by atoms with Crippen molar-refractivity contribution in [2.24, 2.45) is 17.8 Å². The number of fused-ring (bicyclic) bond motifs is 3. The molecule has 2 fully saturated rings. The van der Waals surface area contributed by atoms with E-state index in [4.69, 9.17) is 4.43 Å². The zero-order valence-corrected chi connectivity index (χ0v) is 17.9. The molecule has 27 heavy (non-hydrogen) atoms. The van der Waals surface area contributed by atoms with E-state index >= 15 is 0 Å². The van der Waals surface area contributed by atoms with Crippen molar-refractivity contribution in [1.29, 1.82) is 0 Å². The van der Waals surface area contributed by atoms with Crippen molar-refractivity contribution in [1.82, 2.24) is 0 Å². The Balaban J connectivity index is 1.78. The van der Waals surface area contributed by atoms with Gasteiger partial charge < -0.3 is 4.43 Å². The Morgan fingerprint density at radius 2 is 1.63 bits per heavy atom. The summed E-state index contributed by atoms with van der Waals surface area (Å²) in [5.74, 6) is -0.497. The topological polar surface area (TPSA) is 46.6 Å². The summed E-state index contributed by atoms with van der Waals surface area (Å²) in [5.41, 5.74) is 2.92. The fourth-order valence-electron chi connectivity index (χ4n) is 5.92. The average Bonchev–Trinajstić information content (AvgIpc) is 3.14. The molecule has 0 bridgehead atoms. The molecule has 144 valence electrons. The first-order valence-corrected chi connectivity index (χ1v) is 12.1.